The molecule has 30 heavy (non-hydrogen) atoms. The minimum absolute atomic E-state index is 0.0707. The molecule has 0 radical (unpaired) electrons. The van der Waals surface area contributed by atoms with Crippen molar-refractivity contribution in [3.05, 3.63) is 42.0 Å². The van der Waals surface area contributed by atoms with Crippen LogP contribution in [0.25, 0.3) is 5.57 Å². The van der Waals surface area contributed by atoms with Gasteiger partial charge in [0.1, 0.15) is 0 Å². The van der Waals surface area contributed by atoms with Crippen LogP contribution in [0.3, 0.4) is 0 Å². The van der Waals surface area contributed by atoms with Gasteiger partial charge in [-0.1, -0.05) is 36.4 Å². The van der Waals surface area contributed by atoms with Gasteiger partial charge in [-0.2, -0.15) is 0 Å². The normalized spacial score (nSPS) is 19.2. The first-order valence-electron chi connectivity index (χ1n) is 11.1. The number of rotatable bonds is 5. The van der Waals surface area contributed by atoms with E-state index in [1.165, 1.54) is 11.1 Å². The molecule has 0 bridgehead atoms. The van der Waals surface area contributed by atoms with Crippen molar-refractivity contribution < 1.29 is 9.59 Å². The lowest BCUT2D eigenvalue weighted by Gasteiger charge is -2.29. The number of hydrogen-bond acceptors (Lipinski definition) is 4. The Labute approximate surface area is 180 Å². The van der Waals surface area contributed by atoms with Gasteiger partial charge in [0.15, 0.2) is 0 Å². The first-order valence-corrected chi connectivity index (χ1v) is 11.1. The summed E-state index contributed by atoms with van der Waals surface area (Å²) in [6.45, 7) is 11.8. The van der Waals surface area contributed by atoms with Crippen LogP contribution in [0.1, 0.15) is 39.2 Å². The van der Waals surface area contributed by atoms with Crippen LogP contribution in [0.4, 0.5) is 0 Å². The summed E-state index contributed by atoms with van der Waals surface area (Å²) in [6, 6.07) is 10.4. The third-order valence-electron chi connectivity index (χ3n) is 5.63. The summed E-state index contributed by atoms with van der Waals surface area (Å²) in [5.41, 5.74) is 2.39. The lowest BCUT2D eigenvalue weighted by atomic mass is 9.99. The van der Waals surface area contributed by atoms with Crippen LogP contribution < -0.4 is 5.32 Å². The molecule has 0 aliphatic carbocycles. The van der Waals surface area contributed by atoms with Crippen molar-refractivity contribution >= 4 is 17.4 Å². The van der Waals surface area contributed by atoms with E-state index in [2.05, 4.69) is 45.5 Å². The standard InChI is InChI=1S/C24H36N4O2/c1-24(2,3)25-22(29)18-26-12-7-13-27(17-16-26)19-23(30)28-14-10-21(11-15-28)20-8-5-4-6-9-20/h4-6,8-10H,7,11-19H2,1-3H3,(H,25,29). The van der Waals surface area contributed by atoms with E-state index in [1.807, 2.05) is 31.7 Å². The molecule has 0 saturated carbocycles. The monoisotopic (exact) mass is 412 g/mol. The number of hydrogen-bond donors (Lipinski definition) is 1. The lowest BCUT2D eigenvalue weighted by Crippen LogP contribution is -2.47. The highest BCUT2D eigenvalue weighted by Crippen LogP contribution is 2.22. The van der Waals surface area contributed by atoms with Gasteiger partial charge in [-0.25, -0.2) is 0 Å². The van der Waals surface area contributed by atoms with Crippen LogP contribution in [0.5, 0.6) is 0 Å². The predicted octanol–water partition coefficient (Wildman–Crippen LogP) is 2.22. The molecule has 0 unspecified atom stereocenters. The minimum Gasteiger partial charge on any atom is -0.350 e. The Morgan fingerprint density at radius 2 is 1.60 bits per heavy atom. The Balaban J connectivity index is 1.44. The molecular weight excluding hydrogens is 376 g/mol. The molecule has 1 aromatic carbocycles. The highest BCUT2D eigenvalue weighted by atomic mass is 16.2. The minimum atomic E-state index is -0.204. The van der Waals surface area contributed by atoms with Crippen LogP contribution in [0.15, 0.2) is 36.4 Å². The molecule has 2 amide bonds. The first-order chi connectivity index (χ1) is 14.3. The molecule has 6 heteroatoms. The fourth-order valence-corrected chi connectivity index (χ4v) is 4.10. The number of amides is 2. The molecule has 3 rings (SSSR count). The third-order valence-corrected chi connectivity index (χ3v) is 5.63. The average molecular weight is 413 g/mol. The second kappa shape index (κ2) is 10.2. The number of carbonyl (C=O) groups is 2. The van der Waals surface area contributed by atoms with Crippen LogP contribution in [-0.2, 0) is 9.59 Å². The Morgan fingerprint density at radius 1 is 0.933 bits per heavy atom. The summed E-state index contributed by atoms with van der Waals surface area (Å²) in [4.78, 5) is 31.4. The fraction of sp³-hybridized carbons (Fsp3) is 0.583. The van der Waals surface area contributed by atoms with E-state index in [0.717, 1.165) is 45.6 Å². The van der Waals surface area contributed by atoms with Gasteiger partial charge in [0, 0.05) is 31.7 Å². The maximum absolute atomic E-state index is 12.8. The largest absolute Gasteiger partial charge is 0.350 e. The summed E-state index contributed by atoms with van der Waals surface area (Å²) < 4.78 is 0. The molecule has 1 fully saturated rings. The Hall–Kier alpha value is -2.18. The number of carbonyl (C=O) groups excluding carboxylic acids is 2. The smallest absolute Gasteiger partial charge is 0.237 e. The summed E-state index contributed by atoms with van der Waals surface area (Å²) in [7, 11) is 0. The van der Waals surface area contributed by atoms with Crippen LogP contribution in [-0.4, -0.2) is 84.4 Å². The van der Waals surface area contributed by atoms with Crippen molar-refractivity contribution in [2.75, 3.05) is 52.4 Å². The molecular formula is C24H36N4O2. The van der Waals surface area contributed by atoms with Crippen LogP contribution >= 0.6 is 0 Å². The molecule has 1 aromatic rings. The van der Waals surface area contributed by atoms with E-state index >= 15 is 0 Å². The van der Waals surface area contributed by atoms with Gasteiger partial charge < -0.3 is 10.2 Å². The SMILES string of the molecule is CC(C)(C)NC(=O)CN1CCCN(CC(=O)N2CC=C(c3ccccc3)CC2)CC1. The number of nitrogens with zero attached hydrogens (tertiary/aromatic N) is 3. The molecule has 2 aliphatic heterocycles. The molecule has 0 atom stereocenters. The Kier molecular flexibility index (Phi) is 7.67. The molecule has 1 saturated heterocycles. The zero-order chi connectivity index (χ0) is 21.6. The van der Waals surface area contributed by atoms with E-state index < -0.39 is 0 Å². The average Bonchev–Trinajstić information content (AvgIpc) is 2.92. The van der Waals surface area contributed by atoms with Gasteiger partial charge in [0.05, 0.1) is 13.1 Å². The van der Waals surface area contributed by atoms with Gasteiger partial charge in [-0.15, -0.1) is 0 Å². The Morgan fingerprint density at radius 3 is 2.20 bits per heavy atom. The second-order valence-corrected chi connectivity index (χ2v) is 9.39. The van der Waals surface area contributed by atoms with E-state index in [9.17, 15) is 9.59 Å². The van der Waals surface area contributed by atoms with Gasteiger partial charge in [0.25, 0.3) is 0 Å². The zero-order valence-corrected chi connectivity index (χ0v) is 18.7. The van der Waals surface area contributed by atoms with Crippen molar-refractivity contribution in [2.24, 2.45) is 0 Å². The highest BCUT2D eigenvalue weighted by Gasteiger charge is 2.23. The van der Waals surface area contributed by atoms with E-state index in [4.69, 9.17) is 0 Å². The maximum atomic E-state index is 12.8. The molecule has 2 aliphatic rings. The van der Waals surface area contributed by atoms with Gasteiger partial charge in [-0.05, 0) is 57.8 Å². The first kappa shape index (κ1) is 22.5. The second-order valence-electron chi connectivity index (χ2n) is 9.39. The maximum Gasteiger partial charge on any atom is 0.237 e. The van der Waals surface area contributed by atoms with Crippen molar-refractivity contribution in [3.63, 3.8) is 0 Å². The molecule has 164 valence electrons. The van der Waals surface area contributed by atoms with Crippen molar-refractivity contribution in [1.82, 2.24) is 20.0 Å². The van der Waals surface area contributed by atoms with E-state index in [1.54, 1.807) is 0 Å². The van der Waals surface area contributed by atoms with Crippen LogP contribution in [0, 0.1) is 0 Å². The number of nitrogens with one attached hydrogen (secondary N) is 1. The zero-order valence-electron chi connectivity index (χ0n) is 18.7. The molecule has 0 aromatic heterocycles. The molecule has 6 nitrogen and oxygen atoms in total. The molecule has 1 N–H and O–H groups in total. The van der Waals surface area contributed by atoms with E-state index in [0.29, 0.717) is 19.6 Å². The van der Waals surface area contributed by atoms with Crippen molar-refractivity contribution in [1.29, 1.82) is 0 Å². The fourth-order valence-electron chi connectivity index (χ4n) is 4.10. The predicted molar refractivity (Wildman–Crippen MR) is 121 cm³/mol. The third kappa shape index (κ3) is 6.96. The summed E-state index contributed by atoms with van der Waals surface area (Å²) in [5.74, 6) is 0.277. The topological polar surface area (TPSA) is 55.9 Å². The van der Waals surface area contributed by atoms with Crippen molar-refractivity contribution in [2.45, 2.75) is 39.2 Å². The van der Waals surface area contributed by atoms with Gasteiger partial charge in [0.2, 0.25) is 11.8 Å². The molecule has 0 spiro atoms. The summed E-state index contributed by atoms with van der Waals surface area (Å²) >= 11 is 0. The lowest BCUT2D eigenvalue weighted by molar-refractivity contribution is -0.132. The quantitative estimate of drug-likeness (QED) is 0.806. The highest BCUT2D eigenvalue weighted by molar-refractivity contribution is 5.80. The Bertz CT molecular complexity index is 754. The van der Waals surface area contributed by atoms with Crippen molar-refractivity contribution in [3.8, 4) is 0 Å². The van der Waals surface area contributed by atoms with E-state index in [-0.39, 0.29) is 17.4 Å². The van der Waals surface area contributed by atoms with Gasteiger partial charge >= 0.3 is 0 Å². The van der Waals surface area contributed by atoms with Crippen LogP contribution in [0.2, 0.25) is 0 Å². The number of benzene rings is 1. The summed E-state index contributed by atoms with van der Waals surface area (Å²) in [6.07, 6.45) is 4.08. The molecule has 2 heterocycles. The summed E-state index contributed by atoms with van der Waals surface area (Å²) in [5, 5.41) is 3.03. The van der Waals surface area contributed by atoms with Gasteiger partial charge in [-0.3, -0.25) is 19.4 Å².